The number of benzene rings is 2. The van der Waals surface area contributed by atoms with Crippen molar-refractivity contribution in [3.8, 4) is 5.75 Å². The fraction of sp³-hybridized carbons (Fsp3) is 0.391. The molecule has 1 amide bonds. The lowest BCUT2D eigenvalue weighted by Gasteiger charge is -2.19. The fourth-order valence-corrected chi connectivity index (χ4v) is 2.75. The first-order valence-corrected chi connectivity index (χ1v) is 9.94. The average molecular weight is 397 g/mol. The van der Waals surface area contributed by atoms with Crippen molar-refractivity contribution in [2.45, 2.75) is 33.4 Å². The Balaban J connectivity index is 1.91. The molecule has 0 aliphatic heterocycles. The third-order valence-electron chi connectivity index (χ3n) is 4.42. The number of aliphatic imine (C=N–C) groups is 1. The molecule has 0 spiro atoms. The van der Waals surface area contributed by atoms with Gasteiger partial charge >= 0.3 is 0 Å². The summed E-state index contributed by atoms with van der Waals surface area (Å²) in [6, 6.07) is 15.7. The van der Waals surface area contributed by atoms with Crippen LogP contribution in [-0.2, 0) is 6.54 Å². The van der Waals surface area contributed by atoms with E-state index < -0.39 is 0 Å². The Morgan fingerprint density at radius 1 is 1.10 bits per heavy atom. The Morgan fingerprint density at radius 3 is 2.45 bits per heavy atom. The van der Waals surface area contributed by atoms with E-state index in [2.05, 4.69) is 53.8 Å². The summed E-state index contributed by atoms with van der Waals surface area (Å²) in [6.45, 7) is 7.63. The summed E-state index contributed by atoms with van der Waals surface area (Å²) in [7, 11) is 3.37. The molecule has 2 rings (SSSR count). The molecule has 0 saturated heterocycles. The number of amides is 1. The van der Waals surface area contributed by atoms with Crippen LogP contribution in [0.3, 0.4) is 0 Å². The van der Waals surface area contributed by atoms with Crippen LogP contribution in [0.5, 0.6) is 5.75 Å². The Morgan fingerprint density at radius 2 is 1.83 bits per heavy atom. The Hall–Kier alpha value is -3.02. The van der Waals surface area contributed by atoms with Gasteiger partial charge in [0.25, 0.3) is 5.91 Å². The second-order valence-corrected chi connectivity index (χ2v) is 7.35. The number of ether oxygens (including phenoxy) is 1. The Kier molecular flexibility index (Phi) is 8.52. The van der Waals surface area contributed by atoms with E-state index in [0.29, 0.717) is 30.6 Å². The van der Waals surface area contributed by atoms with E-state index in [-0.39, 0.29) is 11.9 Å². The molecule has 0 aromatic heterocycles. The number of rotatable bonds is 8. The number of nitrogens with zero attached hydrogens (tertiary/aromatic N) is 1. The van der Waals surface area contributed by atoms with Crippen LogP contribution in [0.25, 0.3) is 0 Å². The van der Waals surface area contributed by atoms with Crippen LogP contribution in [0.15, 0.2) is 53.5 Å². The van der Waals surface area contributed by atoms with E-state index in [9.17, 15) is 4.79 Å². The van der Waals surface area contributed by atoms with Crippen molar-refractivity contribution >= 4 is 11.9 Å². The maximum atomic E-state index is 11.8. The molecule has 0 aliphatic rings. The first-order valence-electron chi connectivity index (χ1n) is 9.94. The molecule has 29 heavy (non-hydrogen) atoms. The molecule has 0 heterocycles. The smallest absolute Gasteiger partial charge is 0.251 e. The zero-order valence-corrected chi connectivity index (χ0v) is 18.0. The molecule has 0 aliphatic carbocycles. The van der Waals surface area contributed by atoms with Crippen molar-refractivity contribution < 1.29 is 9.53 Å². The molecule has 2 aromatic rings. The second kappa shape index (κ2) is 11.1. The lowest BCUT2D eigenvalue weighted by atomic mass is 10.1. The molecule has 156 valence electrons. The largest absolute Gasteiger partial charge is 0.493 e. The molecule has 0 bridgehead atoms. The molecular weight excluding hydrogens is 364 g/mol. The maximum Gasteiger partial charge on any atom is 0.251 e. The number of guanidine groups is 1. The lowest BCUT2D eigenvalue weighted by Crippen LogP contribution is -2.38. The van der Waals surface area contributed by atoms with Gasteiger partial charge in [0.2, 0.25) is 0 Å². The minimum absolute atomic E-state index is 0.0811. The van der Waals surface area contributed by atoms with E-state index in [4.69, 9.17) is 4.74 Å². The highest BCUT2D eigenvalue weighted by Gasteiger charge is 2.09. The molecule has 2 aromatic carbocycles. The minimum atomic E-state index is -0.0937. The van der Waals surface area contributed by atoms with Crippen LogP contribution >= 0.6 is 0 Å². The standard InChI is InChI=1S/C23H32N4O2/c1-16(2)15-29-21-11-9-19(10-12-21)17(3)27-23(25-5)26-14-18-7-6-8-20(13-18)22(28)24-4/h6-13,16-17H,14-15H2,1-5H3,(H,24,28)(H2,25,26,27). The summed E-state index contributed by atoms with van der Waals surface area (Å²) in [6.07, 6.45) is 0. The predicted octanol–water partition coefficient (Wildman–Crippen LogP) is 3.51. The van der Waals surface area contributed by atoms with Gasteiger partial charge in [-0.1, -0.05) is 38.1 Å². The third kappa shape index (κ3) is 7.14. The fourth-order valence-electron chi connectivity index (χ4n) is 2.75. The van der Waals surface area contributed by atoms with Gasteiger partial charge in [-0.25, -0.2) is 0 Å². The van der Waals surface area contributed by atoms with Crippen molar-refractivity contribution in [3.63, 3.8) is 0 Å². The highest BCUT2D eigenvalue weighted by Crippen LogP contribution is 2.18. The van der Waals surface area contributed by atoms with Gasteiger partial charge in [-0.2, -0.15) is 0 Å². The molecule has 0 radical (unpaired) electrons. The van der Waals surface area contributed by atoms with E-state index in [0.717, 1.165) is 16.9 Å². The van der Waals surface area contributed by atoms with Crippen LogP contribution in [0, 0.1) is 5.92 Å². The molecular formula is C23H32N4O2. The quantitative estimate of drug-likeness (QED) is 0.472. The average Bonchev–Trinajstić information content (AvgIpc) is 2.74. The van der Waals surface area contributed by atoms with Gasteiger partial charge in [0.1, 0.15) is 5.75 Å². The lowest BCUT2D eigenvalue weighted by molar-refractivity contribution is 0.0963. The molecule has 0 fully saturated rings. The van der Waals surface area contributed by atoms with Crippen molar-refractivity contribution in [2.75, 3.05) is 20.7 Å². The van der Waals surface area contributed by atoms with Gasteiger partial charge in [-0.3, -0.25) is 9.79 Å². The van der Waals surface area contributed by atoms with Crippen molar-refractivity contribution in [3.05, 3.63) is 65.2 Å². The summed E-state index contributed by atoms with van der Waals surface area (Å²) in [4.78, 5) is 16.1. The van der Waals surface area contributed by atoms with Gasteiger partial charge in [-0.05, 0) is 48.2 Å². The first kappa shape index (κ1) is 22.3. The highest BCUT2D eigenvalue weighted by molar-refractivity contribution is 5.94. The summed E-state index contributed by atoms with van der Waals surface area (Å²) >= 11 is 0. The van der Waals surface area contributed by atoms with Crippen molar-refractivity contribution in [2.24, 2.45) is 10.9 Å². The van der Waals surface area contributed by atoms with E-state index in [1.54, 1.807) is 20.2 Å². The number of carbonyl (C=O) groups is 1. The summed E-state index contributed by atoms with van der Waals surface area (Å²) in [5.41, 5.74) is 2.79. The van der Waals surface area contributed by atoms with E-state index >= 15 is 0 Å². The predicted molar refractivity (Wildman–Crippen MR) is 118 cm³/mol. The van der Waals surface area contributed by atoms with Gasteiger partial charge in [-0.15, -0.1) is 0 Å². The maximum absolute atomic E-state index is 11.8. The minimum Gasteiger partial charge on any atom is -0.493 e. The summed E-state index contributed by atoms with van der Waals surface area (Å²) in [5.74, 6) is 1.99. The molecule has 3 N–H and O–H groups in total. The van der Waals surface area contributed by atoms with E-state index in [1.165, 1.54) is 0 Å². The molecule has 6 nitrogen and oxygen atoms in total. The van der Waals surface area contributed by atoms with Gasteiger partial charge in [0.05, 0.1) is 12.6 Å². The van der Waals surface area contributed by atoms with E-state index in [1.807, 2.05) is 30.3 Å². The Bertz CT molecular complexity index is 816. The number of nitrogens with one attached hydrogen (secondary N) is 3. The van der Waals surface area contributed by atoms with Crippen molar-refractivity contribution in [1.82, 2.24) is 16.0 Å². The van der Waals surface area contributed by atoms with Crippen LogP contribution in [0.4, 0.5) is 0 Å². The van der Waals surface area contributed by atoms with Crippen LogP contribution < -0.4 is 20.7 Å². The van der Waals surface area contributed by atoms with Crippen LogP contribution in [0.2, 0.25) is 0 Å². The summed E-state index contributed by atoms with van der Waals surface area (Å²) < 4.78 is 5.74. The van der Waals surface area contributed by atoms with Gasteiger partial charge < -0.3 is 20.7 Å². The zero-order chi connectivity index (χ0) is 21.2. The molecule has 1 unspecified atom stereocenters. The topological polar surface area (TPSA) is 74.8 Å². The highest BCUT2D eigenvalue weighted by atomic mass is 16.5. The molecule has 6 heteroatoms. The first-order chi connectivity index (χ1) is 13.9. The zero-order valence-electron chi connectivity index (χ0n) is 18.0. The van der Waals surface area contributed by atoms with Gasteiger partial charge in [0, 0.05) is 26.2 Å². The summed E-state index contributed by atoms with van der Waals surface area (Å²) in [5, 5.41) is 9.33. The van der Waals surface area contributed by atoms with Crippen molar-refractivity contribution in [1.29, 1.82) is 0 Å². The second-order valence-electron chi connectivity index (χ2n) is 7.35. The number of hydrogen-bond donors (Lipinski definition) is 3. The third-order valence-corrected chi connectivity index (χ3v) is 4.42. The van der Waals surface area contributed by atoms with Crippen LogP contribution in [-0.4, -0.2) is 32.6 Å². The molecule has 1 atom stereocenters. The van der Waals surface area contributed by atoms with Crippen LogP contribution in [0.1, 0.15) is 48.3 Å². The SMILES string of the molecule is CN=C(NCc1cccc(C(=O)NC)c1)NC(C)c1ccc(OCC(C)C)cc1. The Labute approximate surface area is 173 Å². The van der Waals surface area contributed by atoms with Gasteiger partial charge in [0.15, 0.2) is 5.96 Å². The normalized spacial score (nSPS) is 12.4. The monoisotopic (exact) mass is 396 g/mol. The number of hydrogen-bond acceptors (Lipinski definition) is 3. The molecule has 0 saturated carbocycles. The number of carbonyl (C=O) groups excluding carboxylic acids is 1.